The standard InChI is InChI=1S/C10H10F3NO3/c1-3-17-10(15)7-5(11)4-6(16-2)8(14-7)9(12)13/h4,9H,3H2,1-2H3. The highest BCUT2D eigenvalue weighted by molar-refractivity contribution is 5.87. The van der Waals surface area contributed by atoms with E-state index >= 15 is 0 Å². The van der Waals surface area contributed by atoms with E-state index in [1.54, 1.807) is 0 Å². The van der Waals surface area contributed by atoms with E-state index in [1.165, 1.54) is 6.92 Å². The molecule has 0 radical (unpaired) electrons. The van der Waals surface area contributed by atoms with Gasteiger partial charge in [0.1, 0.15) is 11.4 Å². The molecule has 0 atom stereocenters. The molecule has 0 saturated heterocycles. The minimum Gasteiger partial charge on any atom is -0.495 e. The fourth-order valence-corrected chi connectivity index (χ4v) is 1.15. The van der Waals surface area contributed by atoms with E-state index in [1.807, 2.05) is 0 Å². The number of ether oxygens (including phenoxy) is 2. The van der Waals surface area contributed by atoms with Crippen molar-refractivity contribution in [3.63, 3.8) is 0 Å². The fraction of sp³-hybridized carbons (Fsp3) is 0.400. The Morgan fingerprint density at radius 1 is 1.53 bits per heavy atom. The Kier molecular flexibility index (Phi) is 4.30. The fourth-order valence-electron chi connectivity index (χ4n) is 1.15. The van der Waals surface area contributed by atoms with Gasteiger partial charge in [0.25, 0.3) is 6.43 Å². The number of hydrogen-bond acceptors (Lipinski definition) is 4. The maximum atomic E-state index is 13.4. The SMILES string of the molecule is CCOC(=O)c1nc(C(F)F)c(OC)cc1F. The first-order chi connectivity index (χ1) is 8.01. The number of carbonyl (C=O) groups excluding carboxylic acids is 1. The Bertz CT molecular complexity index is 424. The summed E-state index contributed by atoms with van der Waals surface area (Å²) < 4.78 is 47.5. The highest BCUT2D eigenvalue weighted by atomic mass is 19.3. The smallest absolute Gasteiger partial charge is 0.360 e. The third-order valence-corrected chi connectivity index (χ3v) is 1.86. The first-order valence-corrected chi connectivity index (χ1v) is 4.71. The molecule has 7 heteroatoms. The summed E-state index contributed by atoms with van der Waals surface area (Å²) in [7, 11) is 1.10. The Hall–Kier alpha value is -1.79. The maximum Gasteiger partial charge on any atom is 0.360 e. The van der Waals surface area contributed by atoms with Crippen LogP contribution in [0.5, 0.6) is 5.75 Å². The molecule has 94 valence electrons. The van der Waals surface area contributed by atoms with Crippen LogP contribution in [0.2, 0.25) is 0 Å². The lowest BCUT2D eigenvalue weighted by atomic mass is 10.2. The van der Waals surface area contributed by atoms with E-state index in [-0.39, 0.29) is 6.61 Å². The highest BCUT2D eigenvalue weighted by Crippen LogP contribution is 2.28. The van der Waals surface area contributed by atoms with Crippen LogP contribution in [0, 0.1) is 5.82 Å². The first kappa shape index (κ1) is 13.3. The topological polar surface area (TPSA) is 48.4 Å². The largest absolute Gasteiger partial charge is 0.495 e. The summed E-state index contributed by atoms with van der Waals surface area (Å²) in [6, 6.07) is 0.681. The molecule has 0 spiro atoms. The summed E-state index contributed by atoms with van der Waals surface area (Å²) in [4.78, 5) is 14.5. The minimum atomic E-state index is -2.97. The first-order valence-electron chi connectivity index (χ1n) is 4.71. The Morgan fingerprint density at radius 3 is 2.65 bits per heavy atom. The minimum absolute atomic E-state index is 0.00397. The van der Waals surface area contributed by atoms with Gasteiger partial charge in [0.15, 0.2) is 11.5 Å². The van der Waals surface area contributed by atoms with E-state index in [0.717, 1.165) is 7.11 Å². The molecule has 0 saturated carbocycles. The van der Waals surface area contributed by atoms with E-state index in [9.17, 15) is 18.0 Å². The predicted octanol–water partition coefficient (Wildman–Crippen LogP) is 2.34. The summed E-state index contributed by atoms with van der Waals surface area (Å²) in [6.07, 6.45) is -2.97. The maximum absolute atomic E-state index is 13.4. The molecule has 0 aliphatic carbocycles. The molecule has 1 heterocycles. The molecule has 4 nitrogen and oxygen atoms in total. The van der Waals surface area contributed by atoms with Crippen LogP contribution in [0.4, 0.5) is 13.2 Å². The molecule has 1 rings (SSSR count). The van der Waals surface area contributed by atoms with Crippen molar-refractivity contribution in [2.45, 2.75) is 13.3 Å². The molecule has 0 amide bonds. The average Bonchev–Trinajstić information content (AvgIpc) is 2.28. The number of hydrogen-bond donors (Lipinski definition) is 0. The molecule has 0 aliphatic rings. The summed E-state index contributed by atoms with van der Waals surface area (Å²) >= 11 is 0. The van der Waals surface area contributed by atoms with E-state index in [4.69, 9.17) is 0 Å². The molecule has 0 unspecified atom stereocenters. The van der Waals surface area contributed by atoms with Crippen LogP contribution in [0.1, 0.15) is 29.5 Å². The van der Waals surface area contributed by atoms with Crippen molar-refractivity contribution in [3.05, 3.63) is 23.3 Å². The summed E-state index contributed by atoms with van der Waals surface area (Å²) in [5, 5.41) is 0. The van der Waals surface area contributed by atoms with Crippen molar-refractivity contribution < 1.29 is 27.4 Å². The Morgan fingerprint density at radius 2 is 2.18 bits per heavy atom. The van der Waals surface area contributed by atoms with Gasteiger partial charge in [-0.05, 0) is 6.92 Å². The molecule has 0 aromatic carbocycles. The van der Waals surface area contributed by atoms with Gasteiger partial charge >= 0.3 is 5.97 Å². The molecule has 0 fully saturated rings. The molecule has 1 aromatic heterocycles. The van der Waals surface area contributed by atoms with E-state index in [0.29, 0.717) is 6.07 Å². The quantitative estimate of drug-likeness (QED) is 0.768. The van der Waals surface area contributed by atoms with Gasteiger partial charge in [0, 0.05) is 6.07 Å². The third-order valence-electron chi connectivity index (χ3n) is 1.86. The van der Waals surface area contributed by atoms with Crippen LogP contribution in [0.3, 0.4) is 0 Å². The monoisotopic (exact) mass is 249 g/mol. The second-order valence-corrected chi connectivity index (χ2v) is 2.93. The molecule has 1 aromatic rings. The van der Waals surface area contributed by atoms with Gasteiger partial charge in [0.2, 0.25) is 0 Å². The second-order valence-electron chi connectivity index (χ2n) is 2.93. The number of carbonyl (C=O) groups is 1. The van der Waals surface area contributed by atoms with Crippen molar-refractivity contribution in [1.82, 2.24) is 4.98 Å². The number of aromatic nitrogens is 1. The molecular formula is C10H10F3NO3. The molecule has 0 N–H and O–H groups in total. The van der Waals surface area contributed by atoms with Crippen molar-refractivity contribution >= 4 is 5.97 Å². The molecule has 0 bridgehead atoms. The predicted molar refractivity (Wildman–Crippen MR) is 51.7 cm³/mol. The van der Waals surface area contributed by atoms with Crippen LogP contribution in [-0.4, -0.2) is 24.7 Å². The zero-order chi connectivity index (χ0) is 13.0. The summed E-state index contributed by atoms with van der Waals surface area (Å²) in [6.45, 7) is 1.50. The lowest BCUT2D eigenvalue weighted by Crippen LogP contribution is -2.12. The number of alkyl halides is 2. The summed E-state index contributed by atoms with van der Waals surface area (Å²) in [5.74, 6) is -2.56. The molecule has 17 heavy (non-hydrogen) atoms. The lowest BCUT2D eigenvalue weighted by Gasteiger charge is -2.09. The van der Waals surface area contributed by atoms with Crippen molar-refractivity contribution in [1.29, 1.82) is 0 Å². The molecule has 0 aliphatic heterocycles. The van der Waals surface area contributed by atoms with Crippen molar-refractivity contribution in [2.24, 2.45) is 0 Å². The van der Waals surface area contributed by atoms with Gasteiger partial charge < -0.3 is 9.47 Å². The summed E-state index contributed by atoms with van der Waals surface area (Å²) in [5.41, 5.74) is -1.57. The number of methoxy groups -OCH3 is 1. The number of rotatable bonds is 4. The van der Waals surface area contributed by atoms with E-state index in [2.05, 4.69) is 14.5 Å². The number of halogens is 3. The van der Waals surface area contributed by atoms with Gasteiger partial charge in [-0.3, -0.25) is 0 Å². The van der Waals surface area contributed by atoms with Gasteiger partial charge in [-0.1, -0.05) is 0 Å². The van der Waals surface area contributed by atoms with Crippen LogP contribution < -0.4 is 4.74 Å². The average molecular weight is 249 g/mol. The van der Waals surface area contributed by atoms with Crippen LogP contribution in [-0.2, 0) is 4.74 Å². The lowest BCUT2D eigenvalue weighted by molar-refractivity contribution is 0.0511. The van der Waals surface area contributed by atoms with Gasteiger partial charge in [-0.25, -0.2) is 22.9 Å². The number of nitrogens with zero attached hydrogens (tertiary/aromatic N) is 1. The third kappa shape index (κ3) is 2.86. The zero-order valence-corrected chi connectivity index (χ0v) is 9.17. The van der Waals surface area contributed by atoms with Crippen molar-refractivity contribution in [2.75, 3.05) is 13.7 Å². The highest BCUT2D eigenvalue weighted by Gasteiger charge is 2.23. The van der Waals surface area contributed by atoms with Gasteiger partial charge in [-0.2, -0.15) is 0 Å². The van der Waals surface area contributed by atoms with Crippen molar-refractivity contribution in [3.8, 4) is 5.75 Å². The zero-order valence-electron chi connectivity index (χ0n) is 9.17. The number of pyridine rings is 1. The second kappa shape index (κ2) is 5.51. The van der Waals surface area contributed by atoms with Crippen LogP contribution >= 0.6 is 0 Å². The van der Waals surface area contributed by atoms with Gasteiger partial charge in [0.05, 0.1) is 13.7 Å². The van der Waals surface area contributed by atoms with Gasteiger partial charge in [-0.15, -0.1) is 0 Å². The van der Waals surface area contributed by atoms with Crippen LogP contribution in [0.15, 0.2) is 6.07 Å². The Labute approximate surface area is 95.4 Å². The normalized spacial score (nSPS) is 10.5. The molecular weight excluding hydrogens is 239 g/mol. The number of esters is 1. The van der Waals surface area contributed by atoms with Crippen LogP contribution in [0.25, 0.3) is 0 Å². The Balaban J connectivity index is 3.24. The van der Waals surface area contributed by atoms with E-state index < -0.39 is 35.3 Å².